The van der Waals surface area contributed by atoms with Crippen LogP contribution < -0.4 is 19.7 Å². The summed E-state index contributed by atoms with van der Waals surface area (Å²) in [7, 11) is 5.22. The molecule has 0 saturated carbocycles. The standard InChI is InChI=1S/C27H31N3O5S/c1-16-14-27(2,3)29(4)21-13-22(35-6)17(11-20(16)21)12-23-25(32)30(26(33)36-23)15-24(31)28-18-7-9-19(34-5)10-8-18/h7-13,16H,14-15H2,1-6H3,(H,28,31)/b23-12+. The summed E-state index contributed by atoms with van der Waals surface area (Å²) in [5, 5.41) is 2.22. The second-order valence-corrected chi connectivity index (χ2v) is 10.7. The fourth-order valence-electron chi connectivity index (χ4n) is 4.70. The van der Waals surface area contributed by atoms with E-state index < -0.39 is 17.1 Å². The molecule has 3 amide bonds. The quantitative estimate of drug-likeness (QED) is 0.542. The normalized spacial score (nSPS) is 19.9. The topological polar surface area (TPSA) is 88.2 Å². The number of hydrogen-bond donors (Lipinski definition) is 1. The van der Waals surface area contributed by atoms with Gasteiger partial charge in [0.25, 0.3) is 11.1 Å². The number of amides is 3. The molecule has 8 nitrogen and oxygen atoms in total. The van der Waals surface area contributed by atoms with E-state index in [2.05, 4.69) is 38.0 Å². The highest BCUT2D eigenvalue weighted by molar-refractivity contribution is 8.18. The minimum absolute atomic E-state index is 0.00793. The Morgan fingerprint density at radius 3 is 2.50 bits per heavy atom. The zero-order valence-electron chi connectivity index (χ0n) is 21.4. The van der Waals surface area contributed by atoms with Crippen molar-refractivity contribution in [2.75, 3.05) is 38.0 Å². The third kappa shape index (κ3) is 4.93. The molecule has 0 aliphatic carbocycles. The van der Waals surface area contributed by atoms with Crippen LogP contribution in [0, 0.1) is 0 Å². The third-order valence-electron chi connectivity index (χ3n) is 6.82. The number of ether oxygens (including phenoxy) is 2. The number of benzene rings is 2. The number of nitrogens with zero attached hydrogens (tertiary/aromatic N) is 2. The molecule has 0 aromatic heterocycles. The van der Waals surface area contributed by atoms with Crippen molar-refractivity contribution < 1.29 is 23.9 Å². The van der Waals surface area contributed by atoms with Crippen LogP contribution in [0.25, 0.3) is 6.08 Å². The van der Waals surface area contributed by atoms with E-state index in [-0.39, 0.29) is 17.0 Å². The van der Waals surface area contributed by atoms with Crippen LogP contribution in [0.3, 0.4) is 0 Å². The Morgan fingerprint density at radius 2 is 1.86 bits per heavy atom. The van der Waals surface area contributed by atoms with Gasteiger partial charge in [-0.15, -0.1) is 0 Å². The Labute approximate surface area is 215 Å². The van der Waals surface area contributed by atoms with Gasteiger partial charge in [-0.2, -0.15) is 0 Å². The molecule has 1 N–H and O–H groups in total. The molecule has 1 atom stereocenters. The summed E-state index contributed by atoms with van der Waals surface area (Å²) in [6.07, 6.45) is 2.67. The number of fused-ring (bicyclic) bond motifs is 1. The highest BCUT2D eigenvalue weighted by atomic mass is 32.2. The molecule has 2 heterocycles. The average Bonchev–Trinajstić information content (AvgIpc) is 3.10. The summed E-state index contributed by atoms with van der Waals surface area (Å²) < 4.78 is 10.8. The second-order valence-electron chi connectivity index (χ2n) is 9.67. The molecule has 2 aliphatic heterocycles. The summed E-state index contributed by atoms with van der Waals surface area (Å²) in [6.45, 7) is 6.26. The van der Waals surface area contributed by atoms with Crippen LogP contribution in [-0.4, -0.2) is 55.3 Å². The van der Waals surface area contributed by atoms with Gasteiger partial charge in [0.2, 0.25) is 5.91 Å². The van der Waals surface area contributed by atoms with Crippen molar-refractivity contribution in [3.8, 4) is 11.5 Å². The maximum absolute atomic E-state index is 13.1. The van der Waals surface area contributed by atoms with Crippen molar-refractivity contribution in [3.05, 3.63) is 52.4 Å². The first-order valence-electron chi connectivity index (χ1n) is 11.7. The van der Waals surface area contributed by atoms with Gasteiger partial charge < -0.3 is 19.7 Å². The molecule has 9 heteroatoms. The Morgan fingerprint density at radius 1 is 1.17 bits per heavy atom. The molecule has 190 valence electrons. The summed E-state index contributed by atoms with van der Waals surface area (Å²) in [6, 6.07) is 10.8. The van der Waals surface area contributed by atoms with E-state index in [0.29, 0.717) is 23.1 Å². The lowest BCUT2D eigenvalue weighted by Gasteiger charge is -2.45. The predicted octanol–water partition coefficient (Wildman–Crippen LogP) is 5.10. The average molecular weight is 510 g/mol. The lowest BCUT2D eigenvalue weighted by Crippen LogP contribution is -2.45. The van der Waals surface area contributed by atoms with Crippen molar-refractivity contribution >= 4 is 46.3 Å². The van der Waals surface area contributed by atoms with E-state index in [0.717, 1.165) is 34.3 Å². The van der Waals surface area contributed by atoms with Gasteiger partial charge >= 0.3 is 0 Å². The molecular formula is C27H31N3O5S. The van der Waals surface area contributed by atoms with Gasteiger partial charge in [0.1, 0.15) is 18.0 Å². The Kier molecular flexibility index (Phi) is 7.04. The number of carbonyl (C=O) groups is 3. The summed E-state index contributed by atoms with van der Waals surface area (Å²) in [5.41, 5.74) is 3.54. The van der Waals surface area contributed by atoms with Crippen LogP contribution in [0.2, 0.25) is 0 Å². The molecule has 2 aromatic rings. The molecule has 2 aliphatic rings. The van der Waals surface area contributed by atoms with Gasteiger partial charge in [0.05, 0.1) is 19.1 Å². The van der Waals surface area contributed by atoms with Crippen LogP contribution in [0.1, 0.15) is 44.2 Å². The van der Waals surface area contributed by atoms with Crippen molar-refractivity contribution in [2.24, 2.45) is 0 Å². The van der Waals surface area contributed by atoms with Crippen molar-refractivity contribution in [3.63, 3.8) is 0 Å². The number of anilines is 2. The predicted molar refractivity (Wildman–Crippen MR) is 143 cm³/mol. The smallest absolute Gasteiger partial charge is 0.294 e. The fourth-order valence-corrected chi connectivity index (χ4v) is 5.53. The molecular weight excluding hydrogens is 478 g/mol. The highest BCUT2D eigenvalue weighted by Crippen LogP contribution is 2.46. The molecule has 0 radical (unpaired) electrons. The molecule has 1 unspecified atom stereocenters. The van der Waals surface area contributed by atoms with E-state index in [1.807, 2.05) is 12.1 Å². The number of thioether (sulfide) groups is 1. The van der Waals surface area contributed by atoms with Crippen LogP contribution >= 0.6 is 11.8 Å². The van der Waals surface area contributed by atoms with Gasteiger partial charge in [-0.25, -0.2) is 0 Å². The maximum Gasteiger partial charge on any atom is 0.294 e. The Balaban J connectivity index is 1.54. The lowest BCUT2D eigenvalue weighted by atomic mass is 9.80. The first-order chi connectivity index (χ1) is 17.0. The molecule has 1 fully saturated rings. The minimum atomic E-state index is -0.499. The van der Waals surface area contributed by atoms with Gasteiger partial charge in [-0.05, 0) is 79.9 Å². The number of rotatable bonds is 6. The van der Waals surface area contributed by atoms with Crippen LogP contribution in [-0.2, 0) is 9.59 Å². The third-order valence-corrected chi connectivity index (χ3v) is 7.73. The van der Waals surface area contributed by atoms with E-state index in [9.17, 15) is 14.4 Å². The first-order valence-corrected chi connectivity index (χ1v) is 12.5. The zero-order chi connectivity index (χ0) is 26.2. The summed E-state index contributed by atoms with van der Waals surface area (Å²) in [4.78, 5) is 41.6. The van der Waals surface area contributed by atoms with Gasteiger partial charge in [-0.1, -0.05) is 6.92 Å². The number of hydrogen-bond acceptors (Lipinski definition) is 7. The zero-order valence-corrected chi connectivity index (χ0v) is 22.2. The Hall–Kier alpha value is -3.46. The maximum atomic E-state index is 13.1. The van der Waals surface area contributed by atoms with Gasteiger partial charge in [-0.3, -0.25) is 19.3 Å². The molecule has 36 heavy (non-hydrogen) atoms. The fraction of sp³-hybridized carbons (Fsp3) is 0.370. The van der Waals surface area contributed by atoms with Crippen LogP contribution in [0.15, 0.2) is 41.3 Å². The number of carbonyl (C=O) groups excluding carboxylic acids is 3. The minimum Gasteiger partial charge on any atom is -0.497 e. The largest absolute Gasteiger partial charge is 0.497 e. The summed E-state index contributed by atoms with van der Waals surface area (Å²) >= 11 is 0.824. The summed E-state index contributed by atoms with van der Waals surface area (Å²) in [5.74, 6) is 0.637. The number of methoxy groups -OCH3 is 2. The van der Waals surface area contributed by atoms with E-state index in [1.165, 1.54) is 5.56 Å². The Bertz CT molecular complexity index is 1240. The van der Waals surface area contributed by atoms with Crippen molar-refractivity contribution in [2.45, 2.75) is 38.6 Å². The van der Waals surface area contributed by atoms with E-state index in [1.54, 1.807) is 44.6 Å². The highest BCUT2D eigenvalue weighted by Gasteiger charge is 2.38. The molecule has 2 aromatic carbocycles. The first kappa shape index (κ1) is 25.6. The van der Waals surface area contributed by atoms with E-state index in [4.69, 9.17) is 9.47 Å². The van der Waals surface area contributed by atoms with Crippen LogP contribution in [0.4, 0.5) is 16.2 Å². The SMILES string of the molecule is COc1ccc(NC(=O)CN2C(=O)S/C(=C/c3cc4c(cc3OC)N(C)C(C)(C)CC4C)C2=O)cc1. The second kappa shape index (κ2) is 9.89. The van der Waals surface area contributed by atoms with Crippen molar-refractivity contribution in [1.29, 1.82) is 0 Å². The van der Waals surface area contributed by atoms with Gasteiger partial charge in [0.15, 0.2) is 0 Å². The van der Waals surface area contributed by atoms with Crippen LogP contribution in [0.5, 0.6) is 11.5 Å². The molecule has 0 spiro atoms. The molecule has 0 bridgehead atoms. The molecule has 4 rings (SSSR count). The van der Waals surface area contributed by atoms with Crippen molar-refractivity contribution in [1.82, 2.24) is 4.90 Å². The molecule has 1 saturated heterocycles. The lowest BCUT2D eigenvalue weighted by molar-refractivity contribution is -0.127. The number of nitrogens with one attached hydrogen (secondary N) is 1. The monoisotopic (exact) mass is 509 g/mol. The van der Waals surface area contributed by atoms with Gasteiger partial charge in [0, 0.05) is 35.6 Å². The number of imide groups is 1. The van der Waals surface area contributed by atoms with E-state index >= 15 is 0 Å².